The summed E-state index contributed by atoms with van der Waals surface area (Å²) in [6.07, 6.45) is 2.41. The standard InChI is InChI=1S/C16H20ClNO3S/c1-12-3-4-13(14(17)9-12)15(19)18-7-2-5-16(10-18)6-8-22(20,21)11-16/h3-4,9H,2,5-8,10-11H2,1H3/t16-/m0/s1. The Hall–Kier alpha value is -1.07. The van der Waals surface area contributed by atoms with Gasteiger partial charge < -0.3 is 4.90 Å². The maximum Gasteiger partial charge on any atom is 0.255 e. The molecule has 2 aliphatic heterocycles. The number of nitrogens with zero attached hydrogens (tertiary/aromatic N) is 1. The molecule has 0 unspecified atom stereocenters. The van der Waals surface area contributed by atoms with Gasteiger partial charge in [0.25, 0.3) is 5.91 Å². The third kappa shape index (κ3) is 3.01. The number of carbonyl (C=O) groups is 1. The third-order valence-electron chi connectivity index (χ3n) is 4.77. The van der Waals surface area contributed by atoms with Gasteiger partial charge in [-0.05, 0) is 43.9 Å². The molecule has 0 aromatic heterocycles. The highest BCUT2D eigenvalue weighted by atomic mass is 35.5. The van der Waals surface area contributed by atoms with Crippen LogP contribution in [0.3, 0.4) is 0 Å². The number of halogens is 1. The molecule has 0 saturated carbocycles. The maximum atomic E-state index is 12.7. The molecule has 22 heavy (non-hydrogen) atoms. The highest BCUT2D eigenvalue weighted by Crippen LogP contribution is 2.40. The highest BCUT2D eigenvalue weighted by Gasteiger charge is 2.45. The van der Waals surface area contributed by atoms with Crippen LogP contribution in [0.4, 0.5) is 0 Å². The average molecular weight is 342 g/mol. The van der Waals surface area contributed by atoms with Crippen LogP contribution < -0.4 is 0 Å². The molecule has 2 heterocycles. The van der Waals surface area contributed by atoms with E-state index in [2.05, 4.69) is 0 Å². The number of aryl methyl sites for hydroxylation is 1. The van der Waals surface area contributed by atoms with Crippen molar-refractivity contribution in [1.82, 2.24) is 4.90 Å². The first-order valence-electron chi connectivity index (χ1n) is 7.56. The summed E-state index contributed by atoms with van der Waals surface area (Å²) in [5.41, 5.74) is 1.27. The normalized spacial score (nSPS) is 27.3. The van der Waals surface area contributed by atoms with Gasteiger partial charge >= 0.3 is 0 Å². The van der Waals surface area contributed by atoms with Crippen molar-refractivity contribution in [3.63, 3.8) is 0 Å². The molecule has 2 saturated heterocycles. The smallest absolute Gasteiger partial charge is 0.255 e. The van der Waals surface area contributed by atoms with Gasteiger partial charge in [0.15, 0.2) is 9.84 Å². The van der Waals surface area contributed by atoms with E-state index in [4.69, 9.17) is 11.6 Å². The minimum absolute atomic E-state index is 0.0895. The van der Waals surface area contributed by atoms with Crippen LogP contribution in [0.25, 0.3) is 0 Å². The molecule has 6 heteroatoms. The van der Waals surface area contributed by atoms with Crippen LogP contribution in [0.15, 0.2) is 18.2 Å². The highest BCUT2D eigenvalue weighted by molar-refractivity contribution is 7.91. The monoisotopic (exact) mass is 341 g/mol. The summed E-state index contributed by atoms with van der Waals surface area (Å²) in [5.74, 6) is 0.375. The first-order chi connectivity index (χ1) is 10.3. The summed E-state index contributed by atoms with van der Waals surface area (Å²) >= 11 is 6.20. The molecule has 1 spiro atoms. The molecule has 0 N–H and O–H groups in total. The number of amides is 1. The van der Waals surface area contributed by atoms with Crippen molar-refractivity contribution in [2.45, 2.75) is 26.2 Å². The zero-order chi connectivity index (χ0) is 16.0. The molecular weight excluding hydrogens is 322 g/mol. The second-order valence-corrected chi connectivity index (χ2v) is 9.25. The zero-order valence-electron chi connectivity index (χ0n) is 12.6. The molecule has 2 fully saturated rings. The Morgan fingerprint density at radius 2 is 2.09 bits per heavy atom. The van der Waals surface area contributed by atoms with Crippen LogP contribution in [0.1, 0.15) is 35.2 Å². The lowest BCUT2D eigenvalue weighted by Gasteiger charge is -2.39. The van der Waals surface area contributed by atoms with Crippen LogP contribution in [-0.2, 0) is 9.84 Å². The molecule has 0 radical (unpaired) electrons. The number of benzene rings is 1. The minimum atomic E-state index is -2.95. The van der Waals surface area contributed by atoms with E-state index in [0.29, 0.717) is 30.1 Å². The first-order valence-corrected chi connectivity index (χ1v) is 9.76. The predicted molar refractivity (Wildman–Crippen MR) is 87.0 cm³/mol. The van der Waals surface area contributed by atoms with Crippen LogP contribution in [-0.4, -0.2) is 43.8 Å². The maximum absolute atomic E-state index is 12.7. The van der Waals surface area contributed by atoms with Gasteiger partial charge in [-0.15, -0.1) is 0 Å². The van der Waals surface area contributed by atoms with E-state index >= 15 is 0 Å². The van der Waals surface area contributed by atoms with Crippen molar-refractivity contribution in [2.24, 2.45) is 5.41 Å². The minimum Gasteiger partial charge on any atom is -0.338 e. The quantitative estimate of drug-likeness (QED) is 0.789. The Morgan fingerprint density at radius 3 is 2.73 bits per heavy atom. The molecule has 0 bridgehead atoms. The predicted octanol–water partition coefficient (Wildman–Crippen LogP) is 2.69. The molecular formula is C16H20ClNO3S. The molecule has 1 amide bonds. The number of hydrogen-bond donors (Lipinski definition) is 0. The van der Waals surface area contributed by atoms with Crippen LogP contribution >= 0.6 is 11.6 Å². The van der Waals surface area contributed by atoms with Crippen LogP contribution in [0.5, 0.6) is 0 Å². The largest absolute Gasteiger partial charge is 0.338 e. The number of sulfone groups is 1. The van der Waals surface area contributed by atoms with E-state index in [0.717, 1.165) is 18.4 Å². The summed E-state index contributed by atoms with van der Waals surface area (Å²) in [5, 5.41) is 0.462. The average Bonchev–Trinajstić information content (AvgIpc) is 2.73. The Morgan fingerprint density at radius 1 is 1.32 bits per heavy atom. The van der Waals surface area contributed by atoms with Crippen LogP contribution in [0.2, 0.25) is 5.02 Å². The third-order valence-corrected chi connectivity index (χ3v) is 6.96. The van der Waals surface area contributed by atoms with Crippen molar-refractivity contribution >= 4 is 27.3 Å². The molecule has 0 aliphatic carbocycles. The van der Waals surface area contributed by atoms with Gasteiger partial charge in [0, 0.05) is 18.5 Å². The van der Waals surface area contributed by atoms with Gasteiger partial charge in [-0.2, -0.15) is 0 Å². The van der Waals surface area contributed by atoms with Crippen molar-refractivity contribution in [3.8, 4) is 0 Å². The number of likely N-dealkylation sites (tertiary alicyclic amines) is 1. The number of rotatable bonds is 1. The van der Waals surface area contributed by atoms with Gasteiger partial charge in [0.2, 0.25) is 0 Å². The van der Waals surface area contributed by atoms with Gasteiger partial charge in [0.05, 0.1) is 22.1 Å². The Balaban J connectivity index is 1.82. The Bertz CT molecular complexity index is 716. The molecule has 1 atom stereocenters. The summed E-state index contributed by atoms with van der Waals surface area (Å²) in [7, 11) is -2.95. The fourth-order valence-corrected chi connectivity index (χ4v) is 6.17. The lowest BCUT2D eigenvalue weighted by Crippen LogP contribution is -2.46. The van der Waals surface area contributed by atoms with Gasteiger partial charge in [-0.1, -0.05) is 17.7 Å². The van der Waals surface area contributed by atoms with Crippen molar-refractivity contribution in [3.05, 3.63) is 34.3 Å². The summed E-state index contributed by atoms with van der Waals surface area (Å²) in [6.45, 7) is 3.12. The second kappa shape index (κ2) is 5.53. The topological polar surface area (TPSA) is 54.5 Å². The summed E-state index contributed by atoms with van der Waals surface area (Å²) in [6, 6.07) is 5.42. The number of hydrogen-bond acceptors (Lipinski definition) is 3. The van der Waals surface area contributed by atoms with Crippen LogP contribution in [0, 0.1) is 12.3 Å². The first kappa shape index (κ1) is 15.8. The summed E-state index contributed by atoms with van der Waals surface area (Å²) < 4.78 is 23.6. The van der Waals surface area contributed by atoms with Gasteiger partial charge in [-0.3, -0.25) is 4.79 Å². The second-order valence-electron chi connectivity index (χ2n) is 6.66. The van der Waals surface area contributed by atoms with E-state index < -0.39 is 9.84 Å². The summed E-state index contributed by atoms with van der Waals surface area (Å²) in [4.78, 5) is 14.5. The van der Waals surface area contributed by atoms with Crippen molar-refractivity contribution in [2.75, 3.05) is 24.6 Å². The Labute approximate surface area is 136 Å². The van der Waals surface area contributed by atoms with Crippen molar-refractivity contribution in [1.29, 1.82) is 0 Å². The SMILES string of the molecule is Cc1ccc(C(=O)N2CCC[C@]3(CCS(=O)(=O)C3)C2)c(Cl)c1. The van der Waals surface area contributed by atoms with Crippen molar-refractivity contribution < 1.29 is 13.2 Å². The van der Waals surface area contributed by atoms with E-state index in [1.165, 1.54) is 0 Å². The van der Waals surface area contributed by atoms with E-state index in [9.17, 15) is 13.2 Å². The molecule has 1 aromatic carbocycles. The van der Waals surface area contributed by atoms with E-state index in [1.54, 1.807) is 17.0 Å². The lowest BCUT2D eigenvalue weighted by molar-refractivity contribution is 0.0564. The lowest BCUT2D eigenvalue weighted by atomic mass is 9.79. The Kier molecular flexibility index (Phi) is 3.98. The van der Waals surface area contributed by atoms with Gasteiger partial charge in [-0.25, -0.2) is 8.42 Å². The fourth-order valence-electron chi connectivity index (χ4n) is 3.65. The fraction of sp³-hybridized carbons (Fsp3) is 0.562. The zero-order valence-corrected chi connectivity index (χ0v) is 14.2. The molecule has 2 aliphatic rings. The number of piperidine rings is 1. The molecule has 4 nitrogen and oxygen atoms in total. The van der Waals surface area contributed by atoms with E-state index in [1.807, 2.05) is 13.0 Å². The number of carbonyl (C=O) groups excluding carboxylic acids is 1. The molecule has 3 rings (SSSR count). The van der Waals surface area contributed by atoms with Gasteiger partial charge in [0.1, 0.15) is 0 Å². The van der Waals surface area contributed by atoms with E-state index in [-0.39, 0.29) is 22.8 Å². The molecule has 1 aromatic rings. The molecule has 120 valence electrons.